The quantitative estimate of drug-likeness (QED) is 0.630. The van der Waals surface area contributed by atoms with Crippen LogP contribution >= 0.6 is 0 Å². The molecule has 7 heteroatoms. The summed E-state index contributed by atoms with van der Waals surface area (Å²) in [6.07, 6.45) is -16.0. The summed E-state index contributed by atoms with van der Waals surface area (Å²) in [6.45, 7) is 1.03. The minimum atomic E-state index is -3.68. The summed E-state index contributed by atoms with van der Waals surface area (Å²) >= 11 is 0. The third-order valence-electron chi connectivity index (χ3n) is 1.43. The fourth-order valence-corrected chi connectivity index (χ4v) is 0.710. The smallest absolute Gasteiger partial charge is 0.272 e. The first kappa shape index (κ1) is 13.5. The predicted octanol–water partition coefficient (Wildman–Crippen LogP) is 2.60. The van der Waals surface area contributed by atoms with Crippen LogP contribution in [0.4, 0.5) is 26.3 Å². The van der Waals surface area contributed by atoms with Gasteiger partial charge in [-0.3, -0.25) is 0 Å². The highest BCUT2D eigenvalue weighted by Gasteiger charge is 2.40. The average Bonchev–Trinajstić information content (AvgIpc) is 2.14. The van der Waals surface area contributed by atoms with Crippen molar-refractivity contribution < 1.29 is 31.1 Å². The molecule has 0 saturated heterocycles. The number of ether oxygens (including phenoxy) is 1. The second-order valence-corrected chi connectivity index (χ2v) is 2.47. The Labute approximate surface area is 77.0 Å². The SMILES string of the molecule is CCOC(F)C(F)C(F)C(F)C(F)F. The summed E-state index contributed by atoms with van der Waals surface area (Å²) in [4.78, 5) is 0. The predicted molar refractivity (Wildman–Crippen MR) is 37.2 cm³/mol. The summed E-state index contributed by atoms with van der Waals surface area (Å²) in [5.74, 6) is 0. The first-order chi connectivity index (χ1) is 6.41. The Bertz CT molecular complexity index is 155. The van der Waals surface area contributed by atoms with Crippen molar-refractivity contribution in [2.45, 2.75) is 38.2 Å². The molecule has 0 rings (SSSR count). The van der Waals surface area contributed by atoms with Crippen LogP contribution in [-0.2, 0) is 4.74 Å². The highest BCUT2D eigenvalue weighted by molar-refractivity contribution is 4.80. The first-order valence-corrected chi connectivity index (χ1v) is 3.87. The molecular weight excluding hydrogens is 214 g/mol. The Hall–Kier alpha value is -0.460. The van der Waals surface area contributed by atoms with Crippen LogP contribution in [0.5, 0.6) is 0 Å². The van der Waals surface area contributed by atoms with Crippen molar-refractivity contribution in [1.82, 2.24) is 0 Å². The molecule has 0 aliphatic carbocycles. The van der Waals surface area contributed by atoms with Gasteiger partial charge in [-0.1, -0.05) is 0 Å². The lowest BCUT2D eigenvalue weighted by atomic mass is 10.1. The van der Waals surface area contributed by atoms with E-state index in [1.807, 2.05) is 0 Å². The second kappa shape index (κ2) is 6.10. The van der Waals surface area contributed by atoms with E-state index in [9.17, 15) is 26.3 Å². The van der Waals surface area contributed by atoms with Crippen molar-refractivity contribution in [3.05, 3.63) is 0 Å². The van der Waals surface area contributed by atoms with Gasteiger partial charge in [0.1, 0.15) is 0 Å². The maximum absolute atomic E-state index is 12.5. The van der Waals surface area contributed by atoms with E-state index in [0.717, 1.165) is 0 Å². The topological polar surface area (TPSA) is 9.23 Å². The van der Waals surface area contributed by atoms with Crippen molar-refractivity contribution in [3.8, 4) is 0 Å². The molecule has 0 heterocycles. The van der Waals surface area contributed by atoms with E-state index in [1.165, 1.54) is 6.92 Å². The molecule has 0 aromatic heterocycles. The Morgan fingerprint density at radius 2 is 1.36 bits per heavy atom. The summed E-state index contributed by atoms with van der Waals surface area (Å²) in [6, 6.07) is 0. The van der Waals surface area contributed by atoms with Crippen LogP contribution in [0.1, 0.15) is 6.92 Å². The molecule has 0 fully saturated rings. The van der Waals surface area contributed by atoms with E-state index in [-0.39, 0.29) is 6.61 Å². The molecule has 4 atom stereocenters. The van der Waals surface area contributed by atoms with Crippen LogP contribution in [-0.4, -0.2) is 37.9 Å². The minimum absolute atomic E-state index is 0.264. The first-order valence-electron chi connectivity index (χ1n) is 3.87. The molecule has 0 N–H and O–H groups in total. The minimum Gasteiger partial charge on any atom is -0.346 e. The highest BCUT2D eigenvalue weighted by atomic mass is 19.3. The molecule has 4 unspecified atom stereocenters. The van der Waals surface area contributed by atoms with Gasteiger partial charge < -0.3 is 4.74 Å². The molecule has 0 aliphatic rings. The summed E-state index contributed by atoms with van der Waals surface area (Å²) < 4.78 is 76.7. The van der Waals surface area contributed by atoms with Gasteiger partial charge in [0.2, 0.25) is 6.36 Å². The molecule has 0 aromatic rings. The van der Waals surface area contributed by atoms with E-state index >= 15 is 0 Å². The van der Waals surface area contributed by atoms with Crippen molar-refractivity contribution in [2.75, 3.05) is 6.61 Å². The van der Waals surface area contributed by atoms with Crippen molar-refractivity contribution in [1.29, 1.82) is 0 Å². The Morgan fingerprint density at radius 1 is 0.857 bits per heavy atom. The highest BCUT2D eigenvalue weighted by Crippen LogP contribution is 2.22. The maximum atomic E-state index is 12.5. The number of hydrogen-bond donors (Lipinski definition) is 0. The molecule has 1 nitrogen and oxygen atoms in total. The van der Waals surface area contributed by atoms with Crippen LogP contribution in [0.25, 0.3) is 0 Å². The Morgan fingerprint density at radius 3 is 1.71 bits per heavy atom. The standard InChI is InChI=1S/C7H10F6O/c1-2-14-7(13)5(10)3(8)4(9)6(11)12/h3-7H,2H2,1H3. The van der Waals surface area contributed by atoms with Gasteiger partial charge in [-0.25, -0.2) is 26.3 Å². The molecule has 0 aromatic carbocycles. The normalized spacial score (nSPS) is 20.6. The molecular formula is C7H10F6O. The van der Waals surface area contributed by atoms with Gasteiger partial charge in [-0.2, -0.15) is 0 Å². The van der Waals surface area contributed by atoms with E-state index in [0.29, 0.717) is 0 Å². The second-order valence-electron chi connectivity index (χ2n) is 2.47. The van der Waals surface area contributed by atoms with Crippen LogP contribution in [0.2, 0.25) is 0 Å². The van der Waals surface area contributed by atoms with Crippen LogP contribution in [0.3, 0.4) is 0 Å². The number of rotatable bonds is 6. The third kappa shape index (κ3) is 3.73. The van der Waals surface area contributed by atoms with Crippen molar-refractivity contribution in [2.24, 2.45) is 0 Å². The summed E-state index contributed by atoms with van der Waals surface area (Å²) in [7, 11) is 0. The maximum Gasteiger partial charge on any atom is 0.272 e. The van der Waals surface area contributed by atoms with Gasteiger partial charge in [0, 0.05) is 6.61 Å². The van der Waals surface area contributed by atoms with Crippen molar-refractivity contribution >= 4 is 0 Å². The van der Waals surface area contributed by atoms with E-state index in [2.05, 4.69) is 4.74 Å². The molecule has 0 saturated carbocycles. The van der Waals surface area contributed by atoms with Gasteiger partial charge in [0.05, 0.1) is 0 Å². The summed E-state index contributed by atoms with van der Waals surface area (Å²) in [5, 5.41) is 0. The van der Waals surface area contributed by atoms with Crippen LogP contribution < -0.4 is 0 Å². The van der Waals surface area contributed by atoms with E-state index in [4.69, 9.17) is 0 Å². The molecule has 0 spiro atoms. The lowest BCUT2D eigenvalue weighted by Crippen LogP contribution is -2.39. The fourth-order valence-electron chi connectivity index (χ4n) is 0.710. The third-order valence-corrected chi connectivity index (χ3v) is 1.43. The van der Waals surface area contributed by atoms with Gasteiger partial charge in [0.15, 0.2) is 18.5 Å². The summed E-state index contributed by atoms with van der Waals surface area (Å²) in [5.41, 5.74) is 0. The largest absolute Gasteiger partial charge is 0.346 e. The number of halogens is 6. The van der Waals surface area contributed by atoms with Gasteiger partial charge in [-0.15, -0.1) is 0 Å². The number of hydrogen-bond acceptors (Lipinski definition) is 1. The zero-order chi connectivity index (χ0) is 11.3. The van der Waals surface area contributed by atoms with E-state index in [1.54, 1.807) is 0 Å². The number of alkyl halides is 6. The Kier molecular flexibility index (Phi) is 5.90. The van der Waals surface area contributed by atoms with Crippen LogP contribution in [0, 0.1) is 0 Å². The molecule has 14 heavy (non-hydrogen) atoms. The molecule has 86 valence electrons. The monoisotopic (exact) mass is 224 g/mol. The van der Waals surface area contributed by atoms with E-state index < -0.39 is 31.3 Å². The molecule has 0 aliphatic heterocycles. The lowest BCUT2D eigenvalue weighted by molar-refractivity contribution is -0.124. The molecule has 0 radical (unpaired) electrons. The van der Waals surface area contributed by atoms with Gasteiger partial charge in [0.25, 0.3) is 6.43 Å². The van der Waals surface area contributed by atoms with Crippen molar-refractivity contribution in [3.63, 3.8) is 0 Å². The zero-order valence-corrected chi connectivity index (χ0v) is 7.27. The van der Waals surface area contributed by atoms with Crippen LogP contribution in [0.15, 0.2) is 0 Å². The van der Waals surface area contributed by atoms with Gasteiger partial charge in [-0.05, 0) is 6.92 Å². The zero-order valence-electron chi connectivity index (χ0n) is 7.27. The molecule has 0 bridgehead atoms. The molecule has 0 amide bonds. The Balaban J connectivity index is 4.15. The van der Waals surface area contributed by atoms with Gasteiger partial charge >= 0.3 is 0 Å². The lowest BCUT2D eigenvalue weighted by Gasteiger charge is -2.19. The average molecular weight is 224 g/mol. The fraction of sp³-hybridized carbons (Fsp3) is 1.00.